The largest absolute Gasteiger partial charge is 0.384 e. The Balaban J connectivity index is 1.49. The van der Waals surface area contributed by atoms with Crippen molar-refractivity contribution in [2.75, 3.05) is 5.73 Å². The average molecular weight is 371 g/mol. The average Bonchev–Trinajstić information content (AvgIpc) is 3.20. The highest BCUT2D eigenvalue weighted by Gasteiger charge is 2.20. The second-order valence-corrected chi connectivity index (χ2v) is 7.18. The van der Waals surface area contributed by atoms with Crippen molar-refractivity contribution in [2.45, 2.75) is 38.0 Å². The van der Waals surface area contributed by atoms with Gasteiger partial charge >= 0.3 is 0 Å². The molecule has 0 spiro atoms. The van der Waals surface area contributed by atoms with Crippen LogP contribution in [0.5, 0.6) is 0 Å². The van der Waals surface area contributed by atoms with E-state index in [0.29, 0.717) is 11.5 Å². The maximum Gasteiger partial charge on any atom is 0.203 e. The van der Waals surface area contributed by atoms with Gasteiger partial charge in [0.2, 0.25) is 5.65 Å². The number of unbranched alkanes of at least 4 members (excludes halogenated alkanes) is 2. The van der Waals surface area contributed by atoms with Crippen LogP contribution in [0.2, 0.25) is 0 Å². The Morgan fingerprint density at radius 2 is 1.61 bits per heavy atom. The van der Waals surface area contributed by atoms with Gasteiger partial charge in [-0.05, 0) is 42.0 Å². The molecule has 0 aliphatic carbocycles. The third-order valence-corrected chi connectivity index (χ3v) is 5.22. The molecule has 0 saturated heterocycles. The number of nitrogens with one attached hydrogen (secondary N) is 1. The SMILES string of the molecule is Nc1cc(C(CCCCCc2ccccc2)c2ccccc2)c2n[nH]nc2n1. The molecular weight excluding hydrogens is 346 g/mol. The van der Waals surface area contributed by atoms with Gasteiger partial charge in [0.1, 0.15) is 11.3 Å². The van der Waals surface area contributed by atoms with Crippen LogP contribution in [-0.2, 0) is 6.42 Å². The van der Waals surface area contributed by atoms with E-state index in [1.165, 1.54) is 24.0 Å². The van der Waals surface area contributed by atoms with Crippen LogP contribution in [0.1, 0.15) is 48.3 Å². The molecular formula is C23H25N5. The zero-order valence-electron chi connectivity index (χ0n) is 15.9. The normalized spacial score (nSPS) is 12.3. The smallest absolute Gasteiger partial charge is 0.203 e. The second-order valence-electron chi connectivity index (χ2n) is 7.18. The summed E-state index contributed by atoms with van der Waals surface area (Å²) in [7, 11) is 0. The number of H-pyrrole nitrogens is 1. The molecule has 4 rings (SSSR count). The summed E-state index contributed by atoms with van der Waals surface area (Å²) in [5, 5.41) is 11.2. The first-order valence-electron chi connectivity index (χ1n) is 9.87. The zero-order valence-corrected chi connectivity index (χ0v) is 15.9. The quantitative estimate of drug-likeness (QED) is 0.433. The number of benzene rings is 2. The lowest BCUT2D eigenvalue weighted by Gasteiger charge is -2.18. The number of aromatic amines is 1. The van der Waals surface area contributed by atoms with Crippen LogP contribution in [0.15, 0.2) is 66.7 Å². The summed E-state index contributed by atoms with van der Waals surface area (Å²) in [5.41, 5.74) is 11.2. The number of aryl methyl sites for hydroxylation is 1. The van der Waals surface area contributed by atoms with E-state index in [9.17, 15) is 0 Å². The van der Waals surface area contributed by atoms with E-state index in [4.69, 9.17) is 5.73 Å². The van der Waals surface area contributed by atoms with Crippen molar-refractivity contribution in [1.29, 1.82) is 0 Å². The number of aromatic nitrogens is 4. The van der Waals surface area contributed by atoms with E-state index in [2.05, 4.69) is 75.0 Å². The molecule has 1 atom stereocenters. The van der Waals surface area contributed by atoms with Gasteiger partial charge in [0, 0.05) is 5.92 Å². The number of rotatable bonds is 8. The molecule has 3 N–H and O–H groups in total. The summed E-state index contributed by atoms with van der Waals surface area (Å²) in [4.78, 5) is 4.29. The van der Waals surface area contributed by atoms with Crippen molar-refractivity contribution in [2.24, 2.45) is 0 Å². The van der Waals surface area contributed by atoms with E-state index < -0.39 is 0 Å². The molecule has 0 fully saturated rings. The molecule has 2 aromatic heterocycles. The molecule has 142 valence electrons. The summed E-state index contributed by atoms with van der Waals surface area (Å²) < 4.78 is 0. The van der Waals surface area contributed by atoms with Gasteiger partial charge in [0.05, 0.1) is 0 Å². The predicted octanol–water partition coefficient (Wildman–Crippen LogP) is 4.87. The minimum Gasteiger partial charge on any atom is -0.384 e. The van der Waals surface area contributed by atoms with Crippen LogP contribution < -0.4 is 5.73 Å². The van der Waals surface area contributed by atoms with Crippen LogP contribution >= 0.6 is 0 Å². The summed E-state index contributed by atoms with van der Waals surface area (Å²) >= 11 is 0. The molecule has 0 radical (unpaired) electrons. The van der Waals surface area contributed by atoms with Gasteiger partial charge in [0.25, 0.3) is 0 Å². The first-order chi connectivity index (χ1) is 13.8. The van der Waals surface area contributed by atoms with Gasteiger partial charge < -0.3 is 5.73 Å². The molecule has 1 unspecified atom stereocenters. The van der Waals surface area contributed by atoms with Crippen molar-refractivity contribution in [1.82, 2.24) is 20.4 Å². The third kappa shape index (κ3) is 4.19. The minimum atomic E-state index is 0.232. The molecule has 0 saturated carbocycles. The Hall–Kier alpha value is -3.21. The monoisotopic (exact) mass is 371 g/mol. The first kappa shape index (κ1) is 18.2. The fraction of sp³-hybridized carbons (Fsp3) is 0.261. The van der Waals surface area contributed by atoms with Gasteiger partial charge in [-0.3, -0.25) is 0 Å². The highest BCUT2D eigenvalue weighted by Crippen LogP contribution is 2.34. The van der Waals surface area contributed by atoms with Crippen molar-refractivity contribution in [3.63, 3.8) is 0 Å². The lowest BCUT2D eigenvalue weighted by Crippen LogP contribution is -2.05. The van der Waals surface area contributed by atoms with E-state index in [-0.39, 0.29) is 5.92 Å². The highest BCUT2D eigenvalue weighted by atomic mass is 15.3. The molecule has 28 heavy (non-hydrogen) atoms. The predicted molar refractivity (Wildman–Crippen MR) is 113 cm³/mol. The van der Waals surface area contributed by atoms with Crippen LogP contribution in [0.3, 0.4) is 0 Å². The first-order valence-corrected chi connectivity index (χ1v) is 9.87. The fourth-order valence-electron chi connectivity index (χ4n) is 3.83. The molecule has 0 bridgehead atoms. The highest BCUT2D eigenvalue weighted by molar-refractivity contribution is 5.77. The summed E-state index contributed by atoms with van der Waals surface area (Å²) in [6.07, 6.45) is 5.72. The molecule has 0 aliphatic heterocycles. The molecule has 2 aromatic carbocycles. The van der Waals surface area contributed by atoms with Crippen molar-refractivity contribution < 1.29 is 0 Å². The Kier molecular flexibility index (Phi) is 5.61. The third-order valence-electron chi connectivity index (χ3n) is 5.22. The number of hydrogen-bond acceptors (Lipinski definition) is 4. The fourth-order valence-corrected chi connectivity index (χ4v) is 3.83. The van der Waals surface area contributed by atoms with Crippen LogP contribution in [0.25, 0.3) is 11.2 Å². The Morgan fingerprint density at radius 1 is 0.857 bits per heavy atom. The molecule has 5 nitrogen and oxygen atoms in total. The number of hydrogen-bond donors (Lipinski definition) is 2. The van der Waals surface area contributed by atoms with Gasteiger partial charge in [-0.25, -0.2) is 4.98 Å². The number of pyridine rings is 1. The Bertz CT molecular complexity index is 1010. The van der Waals surface area contributed by atoms with E-state index in [0.717, 1.165) is 30.3 Å². The number of nitrogen functional groups attached to an aromatic ring is 1. The minimum absolute atomic E-state index is 0.232. The summed E-state index contributed by atoms with van der Waals surface area (Å²) in [6.45, 7) is 0. The maximum absolute atomic E-state index is 6.05. The van der Waals surface area contributed by atoms with Gasteiger partial charge in [-0.15, -0.1) is 5.10 Å². The van der Waals surface area contributed by atoms with Crippen molar-refractivity contribution >= 4 is 17.0 Å². The Morgan fingerprint density at radius 3 is 2.39 bits per heavy atom. The van der Waals surface area contributed by atoms with Crippen molar-refractivity contribution in [3.05, 3.63) is 83.4 Å². The number of nitrogens with zero attached hydrogens (tertiary/aromatic N) is 3. The zero-order chi connectivity index (χ0) is 19.2. The van der Waals surface area contributed by atoms with E-state index in [1.807, 2.05) is 12.1 Å². The topological polar surface area (TPSA) is 80.5 Å². The van der Waals surface area contributed by atoms with Gasteiger partial charge in [-0.2, -0.15) is 10.3 Å². The standard InChI is InChI=1S/C23H25N5/c24-21-16-20(22-23(25-21)27-28-26-22)19(18-13-7-3-8-14-18)15-9-2-6-12-17-10-4-1-5-11-17/h1,3-5,7-8,10-11,13-14,16,19H,2,6,9,12,15H2,(H3,24,25,26,27,28). The van der Waals surface area contributed by atoms with Gasteiger partial charge in [-0.1, -0.05) is 73.5 Å². The molecule has 2 heterocycles. The van der Waals surface area contributed by atoms with Crippen LogP contribution in [-0.4, -0.2) is 20.4 Å². The second kappa shape index (κ2) is 8.65. The number of anilines is 1. The van der Waals surface area contributed by atoms with E-state index in [1.54, 1.807) is 0 Å². The lowest BCUT2D eigenvalue weighted by atomic mass is 9.86. The summed E-state index contributed by atoms with van der Waals surface area (Å²) in [6, 6.07) is 23.2. The molecule has 4 aromatic rings. The number of fused-ring (bicyclic) bond motifs is 1. The van der Waals surface area contributed by atoms with E-state index >= 15 is 0 Å². The van der Waals surface area contributed by atoms with Crippen LogP contribution in [0.4, 0.5) is 5.82 Å². The molecule has 5 heteroatoms. The molecule has 0 aliphatic rings. The Labute approximate surface area is 165 Å². The molecule has 0 amide bonds. The van der Waals surface area contributed by atoms with Crippen LogP contribution in [0, 0.1) is 0 Å². The van der Waals surface area contributed by atoms with Gasteiger partial charge in [0.15, 0.2) is 0 Å². The lowest BCUT2D eigenvalue weighted by molar-refractivity contribution is 0.603. The summed E-state index contributed by atoms with van der Waals surface area (Å²) in [5.74, 6) is 0.720. The van der Waals surface area contributed by atoms with Crippen molar-refractivity contribution in [3.8, 4) is 0 Å². The maximum atomic E-state index is 6.05. The number of nitrogens with two attached hydrogens (primary N) is 1.